The number of phosphoric ester groups is 1. The van der Waals surface area contributed by atoms with Crippen LogP contribution in [0.4, 0.5) is 0 Å². The first-order chi connectivity index (χ1) is 21.3. The SMILES string of the molecule is C=CC(=O)OCC(OP(=O)(OC(COC(=O)C=C)c1ccccc1)OC(COC(=O)C=C)c1ccccc1)c1ccccc1. The fourth-order valence-electron chi connectivity index (χ4n) is 3.76. The van der Waals surface area contributed by atoms with Crippen LogP contribution in [0.2, 0.25) is 0 Å². The van der Waals surface area contributed by atoms with Gasteiger partial charge in [-0.05, 0) is 16.7 Å². The zero-order chi connectivity index (χ0) is 31.8. The van der Waals surface area contributed by atoms with Crippen molar-refractivity contribution in [1.82, 2.24) is 0 Å². The van der Waals surface area contributed by atoms with Gasteiger partial charge >= 0.3 is 25.7 Å². The first-order valence-electron chi connectivity index (χ1n) is 13.4. The monoisotopic (exact) mass is 620 g/mol. The number of carbonyl (C=O) groups excluding carboxylic acids is 3. The fourth-order valence-corrected chi connectivity index (χ4v) is 5.39. The van der Waals surface area contributed by atoms with Crippen molar-refractivity contribution in [2.75, 3.05) is 19.8 Å². The molecular weight excluding hydrogens is 587 g/mol. The Bertz CT molecular complexity index is 1270. The normalized spacial score (nSPS) is 14.1. The molecular formula is C33H33O10P. The topological polar surface area (TPSA) is 124 Å². The summed E-state index contributed by atoms with van der Waals surface area (Å²) in [5.74, 6) is -2.20. The average molecular weight is 621 g/mol. The van der Waals surface area contributed by atoms with E-state index in [2.05, 4.69) is 19.7 Å². The Morgan fingerprint density at radius 1 is 0.523 bits per heavy atom. The number of hydrogen-bond donors (Lipinski definition) is 0. The van der Waals surface area contributed by atoms with Gasteiger partial charge in [-0.3, -0.25) is 13.6 Å². The van der Waals surface area contributed by atoms with Gasteiger partial charge in [0.25, 0.3) is 0 Å². The molecule has 0 N–H and O–H groups in total. The summed E-state index contributed by atoms with van der Waals surface area (Å²) in [6.07, 6.45) is -0.505. The smallest absolute Gasteiger partial charge is 0.459 e. The second kappa shape index (κ2) is 17.5. The Labute approximate surface area is 256 Å². The van der Waals surface area contributed by atoms with Gasteiger partial charge < -0.3 is 14.2 Å². The number of ether oxygens (including phenoxy) is 3. The molecule has 3 aromatic rings. The summed E-state index contributed by atoms with van der Waals surface area (Å²) < 4.78 is 48.7. The van der Waals surface area contributed by atoms with Crippen LogP contribution in [-0.2, 0) is 46.7 Å². The maximum Gasteiger partial charge on any atom is 0.476 e. The molecule has 3 atom stereocenters. The lowest BCUT2D eigenvalue weighted by Crippen LogP contribution is -2.21. The largest absolute Gasteiger partial charge is 0.476 e. The quantitative estimate of drug-likeness (QED) is 0.0669. The summed E-state index contributed by atoms with van der Waals surface area (Å²) in [5, 5.41) is 0. The summed E-state index contributed by atoms with van der Waals surface area (Å²) in [6, 6.07) is 25.7. The van der Waals surface area contributed by atoms with E-state index in [4.69, 9.17) is 27.8 Å². The highest BCUT2D eigenvalue weighted by atomic mass is 31.2. The van der Waals surface area contributed by atoms with Crippen molar-refractivity contribution >= 4 is 25.7 Å². The minimum absolute atomic E-state index is 0.380. The second-order valence-corrected chi connectivity index (χ2v) is 10.5. The van der Waals surface area contributed by atoms with Crippen LogP contribution >= 0.6 is 7.82 Å². The van der Waals surface area contributed by atoms with E-state index in [9.17, 15) is 18.9 Å². The van der Waals surface area contributed by atoms with Crippen LogP contribution in [0.3, 0.4) is 0 Å². The molecule has 0 heterocycles. The summed E-state index contributed by atoms with van der Waals surface area (Å²) in [4.78, 5) is 35.9. The van der Waals surface area contributed by atoms with Gasteiger partial charge in [-0.2, -0.15) is 0 Å². The molecule has 0 aromatic heterocycles. The molecule has 0 aliphatic rings. The molecule has 0 saturated carbocycles. The average Bonchev–Trinajstić information content (AvgIpc) is 3.07. The Balaban J connectivity index is 2.07. The fraction of sp³-hybridized carbons (Fsp3) is 0.182. The van der Waals surface area contributed by atoms with Crippen LogP contribution in [0.25, 0.3) is 0 Å². The minimum Gasteiger partial charge on any atom is -0.459 e. The summed E-state index contributed by atoms with van der Waals surface area (Å²) >= 11 is 0. The molecule has 3 unspecified atom stereocenters. The van der Waals surface area contributed by atoms with Crippen LogP contribution in [0.15, 0.2) is 129 Å². The van der Waals surface area contributed by atoms with Crippen LogP contribution in [-0.4, -0.2) is 37.7 Å². The molecule has 44 heavy (non-hydrogen) atoms. The maximum atomic E-state index is 14.8. The van der Waals surface area contributed by atoms with E-state index in [-0.39, 0.29) is 19.8 Å². The third-order valence-corrected chi connectivity index (χ3v) is 7.45. The predicted octanol–water partition coefficient (Wildman–Crippen LogP) is 6.56. The molecule has 3 rings (SSSR count). The lowest BCUT2D eigenvalue weighted by Gasteiger charge is -2.30. The summed E-state index contributed by atoms with van der Waals surface area (Å²) in [6.45, 7) is 9.05. The number of phosphoric acid groups is 1. The van der Waals surface area contributed by atoms with E-state index in [1.165, 1.54) is 0 Å². The van der Waals surface area contributed by atoms with E-state index < -0.39 is 44.0 Å². The van der Waals surface area contributed by atoms with Crippen LogP contribution in [0, 0.1) is 0 Å². The molecule has 0 fully saturated rings. The zero-order valence-corrected chi connectivity index (χ0v) is 24.8. The predicted molar refractivity (Wildman–Crippen MR) is 162 cm³/mol. The standard InChI is InChI=1S/C33H33O10P/c1-4-31(34)38-22-28(25-16-10-7-11-17-25)41-44(37,42-29(23-39-32(35)5-2)26-18-12-8-13-19-26)43-30(24-40-33(36)6-3)27-20-14-9-15-21-27/h4-21,28-30H,1-3,22-24H2. The van der Waals surface area contributed by atoms with Gasteiger partial charge in [0.1, 0.15) is 38.1 Å². The van der Waals surface area contributed by atoms with Crippen molar-refractivity contribution in [3.63, 3.8) is 0 Å². The number of carbonyl (C=O) groups is 3. The van der Waals surface area contributed by atoms with Crippen LogP contribution < -0.4 is 0 Å². The van der Waals surface area contributed by atoms with Gasteiger partial charge in [-0.1, -0.05) is 111 Å². The lowest BCUT2D eigenvalue weighted by molar-refractivity contribution is -0.142. The van der Waals surface area contributed by atoms with E-state index in [0.717, 1.165) is 18.2 Å². The highest BCUT2D eigenvalue weighted by Crippen LogP contribution is 2.59. The molecule has 0 aliphatic heterocycles. The number of esters is 3. The van der Waals surface area contributed by atoms with Gasteiger partial charge in [0.2, 0.25) is 0 Å². The maximum absolute atomic E-state index is 14.8. The number of rotatable bonds is 18. The molecule has 0 radical (unpaired) electrons. The van der Waals surface area contributed by atoms with Crippen molar-refractivity contribution in [2.24, 2.45) is 0 Å². The minimum atomic E-state index is -4.74. The van der Waals surface area contributed by atoms with Crippen molar-refractivity contribution in [3.8, 4) is 0 Å². The summed E-state index contributed by atoms with van der Waals surface area (Å²) in [5.41, 5.74) is 1.46. The molecule has 3 aromatic carbocycles. The zero-order valence-electron chi connectivity index (χ0n) is 23.9. The van der Waals surface area contributed by atoms with Gasteiger partial charge in [0.05, 0.1) is 0 Å². The molecule has 10 nitrogen and oxygen atoms in total. The number of hydrogen-bond acceptors (Lipinski definition) is 10. The van der Waals surface area contributed by atoms with Gasteiger partial charge in [-0.15, -0.1) is 0 Å². The van der Waals surface area contributed by atoms with E-state index in [1.807, 2.05) is 0 Å². The Morgan fingerprint density at radius 2 is 0.773 bits per heavy atom. The van der Waals surface area contributed by atoms with Gasteiger partial charge in [0, 0.05) is 18.2 Å². The molecule has 0 amide bonds. The molecule has 0 saturated heterocycles. The molecule has 0 spiro atoms. The van der Waals surface area contributed by atoms with Gasteiger partial charge in [-0.25, -0.2) is 18.9 Å². The van der Waals surface area contributed by atoms with Crippen molar-refractivity contribution in [1.29, 1.82) is 0 Å². The van der Waals surface area contributed by atoms with Crippen molar-refractivity contribution < 1.29 is 46.7 Å². The lowest BCUT2D eigenvalue weighted by atomic mass is 10.1. The molecule has 0 bridgehead atoms. The Kier molecular flexibility index (Phi) is 13.5. The number of benzene rings is 3. The molecule has 0 aliphatic carbocycles. The van der Waals surface area contributed by atoms with E-state index in [1.54, 1.807) is 91.0 Å². The van der Waals surface area contributed by atoms with Crippen molar-refractivity contribution in [3.05, 3.63) is 146 Å². The first kappa shape index (κ1) is 33.9. The summed E-state index contributed by atoms with van der Waals surface area (Å²) in [7, 11) is -4.74. The Hall–Kier alpha value is -4.60. The van der Waals surface area contributed by atoms with E-state index in [0.29, 0.717) is 16.7 Å². The third-order valence-electron chi connectivity index (χ3n) is 5.91. The third kappa shape index (κ3) is 10.9. The molecule has 11 heteroatoms. The second-order valence-electron chi connectivity index (χ2n) is 8.96. The van der Waals surface area contributed by atoms with Crippen molar-refractivity contribution in [2.45, 2.75) is 18.3 Å². The Morgan fingerprint density at radius 3 is 1.00 bits per heavy atom. The first-order valence-corrected chi connectivity index (χ1v) is 14.9. The molecule has 230 valence electrons. The van der Waals surface area contributed by atoms with E-state index >= 15 is 0 Å². The van der Waals surface area contributed by atoms with Crippen LogP contribution in [0.1, 0.15) is 35.0 Å². The highest BCUT2D eigenvalue weighted by Gasteiger charge is 2.39. The van der Waals surface area contributed by atoms with Gasteiger partial charge in [0.15, 0.2) is 0 Å². The highest BCUT2D eigenvalue weighted by molar-refractivity contribution is 7.48. The van der Waals surface area contributed by atoms with Crippen LogP contribution in [0.5, 0.6) is 0 Å².